The van der Waals surface area contributed by atoms with Crippen molar-refractivity contribution >= 4 is 51.2 Å². The minimum Gasteiger partial charge on any atom is -0.306 e. The smallest absolute Gasteiger partial charge is 0.0948 e. The van der Waals surface area contributed by atoms with Crippen LogP contribution in [0.1, 0.15) is 11.1 Å². The van der Waals surface area contributed by atoms with Gasteiger partial charge in [0.15, 0.2) is 0 Å². The highest BCUT2D eigenvalue weighted by Crippen LogP contribution is 2.64. The van der Waals surface area contributed by atoms with Crippen LogP contribution in [0.2, 0.25) is 0 Å². The first-order valence-corrected chi connectivity index (χ1v) is 12.1. The van der Waals surface area contributed by atoms with Crippen molar-refractivity contribution in [1.82, 2.24) is 0 Å². The quantitative estimate of drug-likeness (QED) is 0.259. The summed E-state index contributed by atoms with van der Waals surface area (Å²) in [4.78, 5) is 7.31. The van der Waals surface area contributed by atoms with Crippen molar-refractivity contribution < 1.29 is 0 Å². The standard InChI is InChI=1S/C32H25N3/c1-22-12-9-18-26-30(22)35-31-23(2)13-10-19-27(31)34(25-16-7-4-8-17-25)29-21-11-20-28(32(29)35)33(26)24-14-5-3-6-15-24/h3-21H,1-2H3. The molecule has 0 bridgehead atoms. The van der Waals surface area contributed by atoms with E-state index in [0.29, 0.717) is 0 Å². The molecule has 0 radical (unpaired) electrons. The lowest BCUT2D eigenvalue weighted by atomic mass is 9.95. The zero-order valence-corrected chi connectivity index (χ0v) is 19.8. The van der Waals surface area contributed by atoms with Crippen LogP contribution >= 0.6 is 0 Å². The Labute approximate surface area is 206 Å². The molecular formula is C32H25N3. The van der Waals surface area contributed by atoms with Crippen LogP contribution in [0.15, 0.2) is 115 Å². The molecule has 0 atom stereocenters. The van der Waals surface area contributed by atoms with E-state index < -0.39 is 0 Å². The number of rotatable bonds is 2. The van der Waals surface area contributed by atoms with Crippen LogP contribution in [-0.4, -0.2) is 0 Å². The third-order valence-electron chi connectivity index (χ3n) is 7.09. The predicted molar refractivity (Wildman–Crippen MR) is 147 cm³/mol. The van der Waals surface area contributed by atoms with E-state index in [4.69, 9.17) is 0 Å². The fourth-order valence-electron chi connectivity index (χ4n) is 5.64. The molecular weight excluding hydrogens is 426 g/mol. The van der Waals surface area contributed by atoms with Gasteiger partial charge in [-0.3, -0.25) is 0 Å². The molecule has 0 N–H and O–H groups in total. The topological polar surface area (TPSA) is 9.72 Å². The van der Waals surface area contributed by atoms with Crippen molar-refractivity contribution in [3.05, 3.63) is 126 Å². The summed E-state index contributed by atoms with van der Waals surface area (Å²) >= 11 is 0. The molecule has 5 aromatic carbocycles. The van der Waals surface area contributed by atoms with Gasteiger partial charge in [-0.05, 0) is 73.5 Å². The molecule has 0 saturated carbocycles. The highest BCUT2D eigenvalue weighted by Gasteiger charge is 2.40. The van der Waals surface area contributed by atoms with Crippen molar-refractivity contribution in [1.29, 1.82) is 0 Å². The first kappa shape index (κ1) is 19.9. The number of aryl methyl sites for hydroxylation is 2. The maximum Gasteiger partial charge on any atom is 0.0948 e. The van der Waals surface area contributed by atoms with E-state index >= 15 is 0 Å². The fraction of sp³-hybridized carbons (Fsp3) is 0.0625. The van der Waals surface area contributed by atoms with Crippen molar-refractivity contribution in [2.24, 2.45) is 0 Å². The maximum atomic E-state index is 2.50. The Bertz CT molecular complexity index is 1460. The second-order valence-electron chi connectivity index (χ2n) is 9.21. The molecule has 35 heavy (non-hydrogen) atoms. The number of hydrogen-bond donors (Lipinski definition) is 0. The van der Waals surface area contributed by atoms with E-state index in [9.17, 15) is 0 Å². The number of nitrogens with zero attached hydrogens (tertiary/aromatic N) is 3. The summed E-state index contributed by atoms with van der Waals surface area (Å²) in [5.41, 5.74) is 13.3. The third-order valence-corrected chi connectivity index (χ3v) is 7.09. The molecule has 7 rings (SSSR count). The second-order valence-corrected chi connectivity index (χ2v) is 9.21. The van der Waals surface area contributed by atoms with Gasteiger partial charge in [-0.1, -0.05) is 66.7 Å². The molecule has 2 heterocycles. The lowest BCUT2D eigenvalue weighted by Crippen LogP contribution is -2.31. The first-order chi connectivity index (χ1) is 17.2. The molecule has 168 valence electrons. The normalized spacial score (nSPS) is 13.3. The van der Waals surface area contributed by atoms with Crippen LogP contribution in [0.4, 0.5) is 51.2 Å². The Kier molecular flexibility index (Phi) is 4.27. The highest BCUT2D eigenvalue weighted by molar-refractivity contribution is 6.13. The van der Waals surface area contributed by atoms with E-state index in [0.717, 1.165) is 11.4 Å². The summed E-state index contributed by atoms with van der Waals surface area (Å²) in [6.07, 6.45) is 0. The molecule has 0 aromatic heterocycles. The third kappa shape index (κ3) is 2.79. The Morgan fingerprint density at radius 2 is 0.714 bits per heavy atom. The summed E-state index contributed by atoms with van der Waals surface area (Å²) in [7, 11) is 0. The summed E-state index contributed by atoms with van der Waals surface area (Å²) in [6, 6.07) is 41.3. The monoisotopic (exact) mass is 451 g/mol. The lowest BCUT2D eigenvalue weighted by molar-refractivity contribution is 1.10. The largest absolute Gasteiger partial charge is 0.306 e. The molecule has 2 aliphatic rings. The van der Waals surface area contributed by atoms with Crippen LogP contribution in [-0.2, 0) is 0 Å². The second kappa shape index (κ2) is 7.51. The van der Waals surface area contributed by atoms with Crippen LogP contribution in [0.5, 0.6) is 0 Å². The van der Waals surface area contributed by atoms with Crippen molar-refractivity contribution in [2.45, 2.75) is 13.8 Å². The van der Waals surface area contributed by atoms with Gasteiger partial charge in [0.05, 0.1) is 39.8 Å². The number of benzene rings is 5. The van der Waals surface area contributed by atoms with Crippen molar-refractivity contribution in [3.8, 4) is 0 Å². The highest BCUT2D eigenvalue weighted by atomic mass is 15.3. The van der Waals surface area contributed by atoms with Gasteiger partial charge >= 0.3 is 0 Å². The number of para-hydroxylation sites is 5. The minimum atomic E-state index is 1.16. The average molecular weight is 452 g/mol. The van der Waals surface area contributed by atoms with Gasteiger partial charge in [0.1, 0.15) is 0 Å². The van der Waals surface area contributed by atoms with Gasteiger partial charge < -0.3 is 14.7 Å². The summed E-state index contributed by atoms with van der Waals surface area (Å²) in [5.74, 6) is 0. The Balaban J connectivity index is 1.62. The summed E-state index contributed by atoms with van der Waals surface area (Å²) in [5, 5.41) is 0. The van der Waals surface area contributed by atoms with Crippen LogP contribution in [0, 0.1) is 13.8 Å². The Morgan fingerprint density at radius 3 is 1.14 bits per heavy atom. The van der Waals surface area contributed by atoms with Gasteiger partial charge in [0.25, 0.3) is 0 Å². The van der Waals surface area contributed by atoms with Gasteiger partial charge in [0.2, 0.25) is 0 Å². The molecule has 3 nitrogen and oxygen atoms in total. The molecule has 0 fully saturated rings. The Hall–Kier alpha value is -4.50. The van der Waals surface area contributed by atoms with E-state index in [-0.39, 0.29) is 0 Å². The van der Waals surface area contributed by atoms with Crippen LogP contribution in [0.3, 0.4) is 0 Å². The van der Waals surface area contributed by atoms with Gasteiger partial charge in [-0.15, -0.1) is 0 Å². The molecule has 2 aliphatic heterocycles. The van der Waals surface area contributed by atoms with Crippen molar-refractivity contribution in [2.75, 3.05) is 14.7 Å². The SMILES string of the molecule is Cc1cccc2c1N1c3c(C)cccc3N(c3ccccc3)c3cccc(c31)N2c1ccccc1. The molecule has 0 aliphatic carbocycles. The molecule has 0 unspecified atom stereocenters. The maximum absolute atomic E-state index is 2.50. The van der Waals surface area contributed by atoms with Gasteiger partial charge in [0, 0.05) is 11.4 Å². The lowest BCUT2D eigenvalue weighted by Gasteiger charge is -2.48. The molecule has 0 spiro atoms. The van der Waals surface area contributed by atoms with E-state index in [1.807, 2.05) is 0 Å². The molecule has 5 aromatic rings. The van der Waals surface area contributed by atoms with Crippen molar-refractivity contribution in [3.63, 3.8) is 0 Å². The zero-order valence-electron chi connectivity index (χ0n) is 19.8. The fourth-order valence-corrected chi connectivity index (χ4v) is 5.64. The zero-order chi connectivity index (χ0) is 23.5. The molecule has 0 saturated heterocycles. The predicted octanol–water partition coefficient (Wildman–Crippen LogP) is 9.34. The number of hydrogen-bond acceptors (Lipinski definition) is 3. The van der Waals surface area contributed by atoms with E-state index in [2.05, 4.69) is 144 Å². The molecule has 3 heteroatoms. The van der Waals surface area contributed by atoms with Crippen LogP contribution in [0.25, 0.3) is 0 Å². The summed E-state index contributed by atoms with van der Waals surface area (Å²) in [6.45, 7) is 4.44. The van der Waals surface area contributed by atoms with Gasteiger partial charge in [-0.25, -0.2) is 0 Å². The first-order valence-electron chi connectivity index (χ1n) is 12.1. The number of fused-ring (bicyclic) bond motifs is 4. The minimum absolute atomic E-state index is 1.16. The van der Waals surface area contributed by atoms with Crippen LogP contribution < -0.4 is 14.7 Å². The summed E-state index contributed by atoms with van der Waals surface area (Å²) < 4.78 is 0. The number of anilines is 9. The van der Waals surface area contributed by atoms with E-state index in [1.54, 1.807) is 0 Å². The molecule has 0 amide bonds. The Morgan fingerprint density at radius 1 is 0.343 bits per heavy atom. The van der Waals surface area contributed by atoms with Gasteiger partial charge in [-0.2, -0.15) is 0 Å². The van der Waals surface area contributed by atoms with E-state index in [1.165, 1.54) is 50.9 Å². The average Bonchev–Trinajstić information content (AvgIpc) is 2.90.